The molecule has 2 N–H and O–H groups in total. The molecule has 2 amide bonds. The molecule has 116 valence electrons. The molecule has 2 heterocycles. The van der Waals surface area contributed by atoms with Crippen molar-refractivity contribution < 1.29 is 19.4 Å². The summed E-state index contributed by atoms with van der Waals surface area (Å²) in [5.74, 6) is -1.06. The van der Waals surface area contributed by atoms with E-state index in [0.29, 0.717) is 24.8 Å². The number of aromatic nitrogens is 1. The second-order valence-corrected chi connectivity index (χ2v) is 5.77. The number of hydrogen-bond donors (Lipinski definition) is 2. The second kappa shape index (κ2) is 6.86. The molecule has 1 aliphatic heterocycles. The third-order valence-corrected chi connectivity index (χ3v) is 4.44. The Morgan fingerprint density at radius 2 is 2.43 bits per heavy atom. The van der Waals surface area contributed by atoms with Crippen LogP contribution in [-0.2, 0) is 4.74 Å². The predicted octanol–water partition coefficient (Wildman–Crippen LogP) is 1.72. The molecule has 0 spiro atoms. The van der Waals surface area contributed by atoms with E-state index >= 15 is 0 Å². The third-order valence-electron chi connectivity index (χ3n) is 3.41. The summed E-state index contributed by atoms with van der Waals surface area (Å²) in [6.45, 7) is 5.47. The Labute approximate surface area is 126 Å². The highest BCUT2D eigenvalue weighted by Crippen LogP contribution is 2.19. The maximum atomic E-state index is 12.3. The number of rotatable bonds is 4. The van der Waals surface area contributed by atoms with Gasteiger partial charge in [-0.05, 0) is 13.3 Å². The number of carboxylic acid groups (broad SMARTS) is 1. The average molecular weight is 313 g/mol. The number of amides is 2. The largest absolute Gasteiger partial charge is 0.476 e. The minimum Gasteiger partial charge on any atom is -0.476 e. The van der Waals surface area contributed by atoms with Crippen molar-refractivity contribution >= 4 is 23.3 Å². The van der Waals surface area contributed by atoms with Crippen LogP contribution in [0.3, 0.4) is 0 Å². The number of hydrogen-bond acceptors (Lipinski definition) is 5. The molecular formula is C13H19N3O4S. The lowest BCUT2D eigenvalue weighted by atomic mass is 10.2. The van der Waals surface area contributed by atoms with Crippen molar-refractivity contribution in [3.8, 4) is 0 Å². The lowest BCUT2D eigenvalue weighted by Crippen LogP contribution is -2.52. The zero-order chi connectivity index (χ0) is 15.4. The van der Waals surface area contributed by atoms with Gasteiger partial charge in [-0.2, -0.15) is 0 Å². The van der Waals surface area contributed by atoms with Gasteiger partial charge in [-0.3, -0.25) is 0 Å². The maximum Gasteiger partial charge on any atom is 0.355 e. The number of nitrogens with zero attached hydrogens (tertiary/aromatic N) is 2. The molecule has 1 aromatic heterocycles. The van der Waals surface area contributed by atoms with E-state index < -0.39 is 5.97 Å². The highest BCUT2D eigenvalue weighted by Gasteiger charge is 2.27. The highest BCUT2D eigenvalue weighted by molar-refractivity contribution is 7.09. The summed E-state index contributed by atoms with van der Waals surface area (Å²) in [6.07, 6.45) is 0.836. The molecule has 1 aliphatic rings. The van der Waals surface area contributed by atoms with Crippen molar-refractivity contribution in [3.05, 3.63) is 16.1 Å². The van der Waals surface area contributed by atoms with E-state index in [-0.39, 0.29) is 23.8 Å². The summed E-state index contributed by atoms with van der Waals surface area (Å²) in [4.78, 5) is 28.9. The average Bonchev–Trinajstić information content (AvgIpc) is 2.97. The number of morpholine rings is 1. The van der Waals surface area contributed by atoms with Crippen LogP contribution in [0.1, 0.15) is 41.8 Å². The summed E-state index contributed by atoms with van der Waals surface area (Å²) >= 11 is 1.23. The van der Waals surface area contributed by atoms with Gasteiger partial charge in [0.2, 0.25) is 0 Å². The molecule has 8 heteroatoms. The predicted molar refractivity (Wildman–Crippen MR) is 77.6 cm³/mol. The quantitative estimate of drug-likeness (QED) is 0.883. The summed E-state index contributed by atoms with van der Waals surface area (Å²) in [7, 11) is 0. The van der Waals surface area contributed by atoms with Gasteiger partial charge in [0, 0.05) is 11.9 Å². The SMILES string of the molecule is CCC1COCCN1C(=O)NC(C)c1nc(C(=O)O)cs1. The van der Waals surface area contributed by atoms with Gasteiger partial charge in [0.05, 0.1) is 25.3 Å². The van der Waals surface area contributed by atoms with Crippen molar-refractivity contribution in [1.82, 2.24) is 15.2 Å². The van der Waals surface area contributed by atoms with E-state index in [1.165, 1.54) is 16.7 Å². The molecule has 21 heavy (non-hydrogen) atoms. The molecule has 1 fully saturated rings. The monoisotopic (exact) mass is 313 g/mol. The van der Waals surface area contributed by atoms with Gasteiger partial charge >= 0.3 is 12.0 Å². The number of carboxylic acids is 1. The Hall–Kier alpha value is -1.67. The van der Waals surface area contributed by atoms with Crippen molar-refractivity contribution in [2.45, 2.75) is 32.4 Å². The first kappa shape index (κ1) is 15.7. The van der Waals surface area contributed by atoms with E-state index in [2.05, 4.69) is 10.3 Å². The number of nitrogens with one attached hydrogen (secondary N) is 1. The fourth-order valence-electron chi connectivity index (χ4n) is 2.18. The summed E-state index contributed by atoms with van der Waals surface area (Å²) < 4.78 is 5.38. The van der Waals surface area contributed by atoms with Gasteiger partial charge in [0.25, 0.3) is 0 Å². The van der Waals surface area contributed by atoms with E-state index in [1.54, 1.807) is 11.8 Å². The lowest BCUT2D eigenvalue weighted by molar-refractivity contribution is 0.0108. The third kappa shape index (κ3) is 3.70. The van der Waals surface area contributed by atoms with Crippen molar-refractivity contribution in [2.75, 3.05) is 19.8 Å². The fourth-order valence-corrected chi connectivity index (χ4v) is 2.98. The van der Waals surface area contributed by atoms with Gasteiger partial charge in [-0.25, -0.2) is 14.6 Å². The van der Waals surface area contributed by atoms with Gasteiger partial charge in [0.15, 0.2) is 5.69 Å². The van der Waals surface area contributed by atoms with E-state index in [9.17, 15) is 9.59 Å². The van der Waals surface area contributed by atoms with Crippen molar-refractivity contribution in [1.29, 1.82) is 0 Å². The van der Waals surface area contributed by atoms with Crippen LogP contribution in [0.5, 0.6) is 0 Å². The van der Waals surface area contributed by atoms with Crippen LogP contribution in [0.4, 0.5) is 4.79 Å². The van der Waals surface area contributed by atoms with Crippen LogP contribution in [0.25, 0.3) is 0 Å². The number of thiazole rings is 1. The Kier molecular flexibility index (Phi) is 5.13. The molecule has 0 radical (unpaired) electrons. The molecule has 0 bridgehead atoms. The minimum absolute atomic E-state index is 0.00825. The molecule has 2 rings (SSSR count). The van der Waals surface area contributed by atoms with E-state index in [0.717, 1.165) is 6.42 Å². The van der Waals surface area contributed by atoms with Gasteiger partial charge in [0.1, 0.15) is 5.01 Å². The van der Waals surface area contributed by atoms with Gasteiger partial charge in [-0.15, -0.1) is 11.3 Å². The van der Waals surface area contributed by atoms with Crippen molar-refractivity contribution in [2.24, 2.45) is 0 Å². The van der Waals surface area contributed by atoms with Crippen LogP contribution in [0.15, 0.2) is 5.38 Å². The molecule has 2 atom stereocenters. The number of ether oxygens (including phenoxy) is 1. The van der Waals surface area contributed by atoms with Crippen LogP contribution in [-0.4, -0.2) is 52.8 Å². The number of carbonyl (C=O) groups excluding carboxylic acids is 1. The summed E-state index contributed by atoms with van der Waals surface area (Å²) in [6, 6.07) is -0.405. The Morgan fingerprint density at radius 1 is 1.67 bits per heavy atom. The normalized spacial score (nSPS) is 20.1. The van der Waals surface area contributed by atoms with Gasteiger partial charge in [-0.1, -0.05) is 6.92 Å². The molecular weight excluding hydrogens is 294 g/mol. The number of urea groups is 1. The maximum absolute atomic E-state index is 12.3. The van der Waals surface area contributed by atoms with Gasteiger partial charge < -0.3 is 20.1 Å². The first-order chi connectivity index (χ1) is 10.0. The van der Waals surface area contributed by atoms with Crippen LogP contribution >= 0.6 is 11.3 Å². The molecule has 0 aromatic carbocycles. The lowest BCUT2D eigenvalue weighted by Gasteiger charge is -2.35. The topological polar surface area (TPSA) is 91.8 Å². The molecule has 1 saturated heterocycles. The summed E-state index contributed by atoms with van der Waals surface area (Å²) in [5.41, 5.74) is 0.00825. The fraction of sp³-hybridized carbons (Fsp3) is 0.615. The van der Waals surface area contributed by atoms with Crippen LogP contribution in [0, 0.1) is 0 Å². The van der Waals surface area contributed by atoms with Crippen LogP contribution in [0.2, 0.25) is 0 Å². The standard InChI is InChI=1S/C13H19N3O4S/c1-3-9-6-20-5-4-16(9)13(19)14-8(2)11-15-10(7-21-11)12(17)18/h7-9H,3-6H2,1-2H3,(H,14,19)(H,17,18). The summed E-state index contributed by atoms with van der Waals surface area (Å²) in [5, 5.41) is 13.8. The molecule has 2 unspecified atom stereocenters. The first-order valence-corrected chi connectivity index (χ1v) is 7.74. The van der Waals surface area contributed by atoms with E-state index in [4.69, 9.17) is 9.84 Å². The van der Waals surface area contributed by atoms with E-state index in [1.807, 2.05) is 6.92 Å². The molecule has 7 nitrogen and oxygen atoms in total. The zero-order valence-electron chi connectivity index (χ0n) is 12.0. The van der Waals surface area contributed by atoms with Crippen molar-refractivity contribution in [3.63, 3.8) is 0 Å². The number of carbonyl (C=O) groups is 2. The highest BCUT2D eigenvalue weighted by atomic mass is 32.1. The Balaban J connectivity index is 1.98. The smallest absolute Gasteiger partial charge is 0.355 e. The Morgan fingerprint density at radius 3 is 3.05 bits per heavy atom. The minimum atomic E-state index is -1.06. The second-order valence-electron chi connectivity index (χ2n) is 4.88. The zero-order valence-corrected chi connectivity index (χ0v) is 12.9. The molecule has 0 aliphatic carbocycles. The Bertz CT molecular complexity index is 519. The molecule has 0 saturated carbocycles. The van der Waals surface area contributed by atoms with Crippen LogP contribution < -0.4 is 5.32 Å². The first-order valence-electron chi connectivity index (χ1n) is 6.86. The number of aromatic carboxylic acids is 1. The molecule has 1 aromatic rings.